The Labute approximate surface area is 193 Å². The van der Waals surface area contributed by atoms with E-state index in [1.807, 2.05) is 58.3 Å². The number of piperidine rings is 1. The van der Waals surface area contributed by atoms with Gasteiger partial charge < -0.3 is 20.1 Å². The van der Waals surface area contributed by atoms with Crippen molar-refractivity contribution in [2.24, 2.45) is 0 Å². The minimum Gasteiger partial charge on any atom is -0.462 e. The third kappa shape index (κ3) is 4.77. The minimum atomic E-state index is -0.727. The zero-order valence-corrected chi connectivity index (χ0v) is 19.6. The summed E-state index contributed by atoms with van der Waals surface area (Å²) in [5.41, 5.74) is 4.76. The molecule has 0 atom stereocenters. The molecule has 0 radical (unpaired) electrons. The van der Waals surface area contributed by atoms with Crippen molar-refractivity contribution in [1.29, 1.82) is 0 Å². The smallest absolute Gasteiger partial charge is 0.293 e. The van der Waals surface area contributed by atoms with E-state index >= 15 is 0 Å². The largest absolute Gasteiger partial charge is 0.462 e. The number of ether oxygens (including phenoxy) is 1. The van der Waals surface area contributed by atoms with E-state index in [-0.39, 0.29) is 5.60 Å². The molecule has 4 aromatic rings. The zero-order chi connectivity index (χ0) is 23.6. The number of carbonyl (C=O) groups excluding carboxylic acids is 1. The SMILES string of the molecule is CC(C)(C)OC=O.Cc1nc(-c2ccc(C3(O)CCNCC3)cc2)c2cnc3[nH]ccc3n12. The fourth-order valence-corrected chi connectivity index (χ4v) is 4.16. The standard InChI is InChI=1S/C20H21N5O.C5H10O2/c1-13-24-18(17-12-23-19-16(25(13)17)6-9-22-19)14-2-4-15(5-3-14)20(26)7-10-21-11-8-20;1-5(2,3)7-4-6/h2-6,9,12,21-22,26H,7-8,10-11H2,1H3;4H,1-3H3. The maximum atomic E-state index is 10.9. The molecule has 0 saturated carbocycles. The first-order chi connectivity index (χ1) is 15.7. The summed E-state index contributed by atoms with van der Waals surface area (Å²) in [6.45, 7) is 9.63. The number of carbonyl (C=O) groups is 1. The van der Waals surface area contributed by atoms with Gasteiger partial charge in [-0.25, -0.2) is 9.97 Å². The highest BCUT2D eigenvalue weighted by Gasteiger charge is 2.31. The number of fused-ring (bicyclic) bond motifs is 3. The first-order valence-corrected chi connectivity index (χ1v) is 11.2. The van der Waals surface area contributed by atoms with Gasteiger partial charge in [0.15, 0.2) is 5.65 Å². The monoisotopic (exact) mass is 449 g/mol. The van der Waals surface area contributed by atoms with E-state index in [4.69, 9.17) is 4.98 Å². The Kier molecular flexibility index (Phi) is 6.23. The maximum Gasteiger partial charge on any atom is 0.293 e. The molecule has 0 aliphatic carbocycles. The van der Waals surface area contributed by atoms with Gasteiger partial charge in [-0.1, -0.05) is 24.3 Å². The summed E-state index contributed by atoms with van der Waals surface area (Å²) in [4.78, 5) is 22.0. The number of nitrogens with zero attached hydrogens (tertiary/aromatic N) is 3. The summed E-state index contributed by atoms with van der Waals surface area (Å²) in [6.07, 6.45) is 5.25. The van der Waals surface area contributed by atoms with Gasteiger partial charge in [0.1, 0.15) is 11.4 Å². The van der Waals surface area contributed by atoms with E-state index in [2.05, 4.69) is 36.6 Å². The fraction of sp³-hybridized carbons (Fsp3) is 0.400. The zero-order valence-electron chi connectivity index (χ0n) is 19.6. The van der Waals surface area contributed by atoms with Crippen molar-refractivity contribution in [1.82, 2.24) is 24.7 Å². The highest BCUT2D eigenvalue weighted by atomic mass is 16.5. The Morgan fingerprint density at radius 2 is 1.82 bits per heavy atom. The van der Waals surface area contributed by atoms with Crippen LogP contribution in [-0.4, -0.2) is 49.6 Å². The predicted octanol–water partition coefficient (Wildman–Crippen LogP) is 3.71. The Morgan fingerprint density at radius 1 is 1.12 bits per heavy atom. The van der Waals surface area contributed by atoms with E-state index in [9.17, 15) is 9.90 Å². The van der Waals surface area contributed by atoms with Crippen molar-refractivity contribution in [2.75, 3.05) is 13.1 Å². The van der Waals surface area contributed by atoms with Crippen LogP contribution in [0, 0.1) is 6.92 Å². The molecule has 0 bridgehead atoms. The van der Waals surface area contributed by atoms with E-state index < -0.39 is 5.60 Å². The van der Waals surface area contributed by atoms with Crippen molar-refractivity contribution in [2.45, 2.75) is 51.7 Å². The van der Waals surface area contributed by atoms with Crippen molar-refractivity contribution in [3.8, 4) is 11.3 Å². The number of nitrogens with one attached hydrogen (secondary N) is 2. The second kappa shape index (κ2) is 8.96. The van der Waals surface area contributed by atoms with Crippen molar-refractivity contribution >= 4 is 23.2 Å². The molecule has 3 N–H and O–H groups in total. The molecule has 8 heteroatoms. The van der Waals surface area contributed by atoms with Crippen LogP contribution in [0.15, 0.2) is 42.7 Å². The number of benzene rings is 1. The Balaban J connectivity index is 0.000000325. The summed E-state index contributed by atoms with van der Waals surface area (Å²) < 4.78 is 6.68. The van der Waals surface area contributed by atoms with Crippen LogP contribution in [0.25, 0.3) is 27.9 Å². The quantitative estimate of drug-likeness (QED) is 0.412. The molecule has 3 aromatic heterocycles. The lowest BCUT2D eigenvalue weighted by molar-refractivity contribution is -0.138. The number of hydrogen-bond donors (Lipinski definition) is 3. The number of aromatic nitrogens is 4. The van der Waals surface area contributed by atoms with Crippen LogP contribution in [0.3, 0.4) is 0 Å². The van der Waals surface area contributed by atoms with Crippen LogP contribution in [0.4, 0.5) is 0 Å². The number of H-pyrrole nitrogens is 1. The molecule has 1 aromatic carbocycles. The van der Waals surface area contributed by atoms with E-state index in [0.29, 0.717) is 6.47 Å². The first kappa shape index (κ1) is 22.9. The topological polar surface area (TPSA) is 105 Å². The summed E-state index contributed by atoms with van der Waals surface area (Å²) in [7, 11) is 0. The molecule has 1 aliphatic heterocycles. The number of aryl methyl sites for hydroxylation is 1. The second-order valence-electron chi connectivity index (χ2n) is 9.38. The number of aromatic amines is 1. The van der Waals surface area contributed by atoms with Crippen molar-refractivity contribution in [3.05, 3.63) is 54.1 Å². The average molecular weight is 450 g/mol. The van der Waals surface area contributed by atoms with E-state index in [0.717, 1.165) is 65.3 Å². The van der Waals surface area contributed by atoms with Gasteiger partial charge in [-0.3, -0.25) is 9.20 Å². The highest BCUT2D eigenvalue weighted by molar-refractivity contribution is 5.84. The van der Waals surface area contributed by atoms with Gasteiger partial charge in [-0.2, -0.15) is 0 Å². The molecule has 1 aliphatic rings. The van der Waals surface area contributed by atoms with E-state index in [1.165, 1.54) is 0 Å². The molecule has 0 amide bonds. The lowest BCUT2D eigenvalue weighted by Gasteiger charge is -2.33. The molecule has 33 heavy (non-hydrogen) atoms. The lowest BCUT2D eigenvalue weighted by Crippen LogP contribution is -2.39. The molecule has 5 rings (SSSR count). The number of rotatable bonds is 3. The van der Waals surface area contributed by atoms with Gasteiger partial charge in [0.25, 0.3) is 6.47 Å². The van der Waals surface area contributed by atoms with Crippen molar-refractivity contribution in [3.63, 3.8) is 0 Å². The van der Waals surface area contributed by atoms with Crippen LogP contribution in [0.1, 0.15) is 45.0 Å². The third-order valence-electron chi connectivity index (χ3n) is 5.87. The van der Waals surface area contributed by atoms with Crippen LogP contribution in [-0.2, 0) is 15.1 Å². The molecular weight excluding hydrogens is 418 g/mol. The Hall–Kier alpha value is -3.23. The summed E-state index contributed by atoms with van der Waals surface area (Å²) in [5.74, 6) is 0.933. The van der Waals surface area contributed by atoms with Crippen LogP contribution in [0.5, 0.6) is 0 Å². The van der Waals surface area contributed by atoms with Gasteiger partial charge in [0, 0.05) is 11.8 Å². The summed E-state index contributed by atoms with van der Waals surface area (Å²) >= 11 is 0. The molecule has 8 nitrogen and oxygen atoms in total. The Bertz CT molecular complexity index is 1250. The second-order valence-corrected chi connectivity index (χ2v) is 9.38. The van der Waals surface area contributed by atoms with Crippen molar-refractivity contribution < 1.29 is 14.6 Å². The van der Waals surface area contributed by atoms with Gasteiger partial charge >= 0.3 is 0 Å². The van der Waals surface area contributed by atoms with E-state index in [1.54, 1.807) is 0 Å². The molecular formula is C25H31N5O3. The van der Waals surface area contributed by atoms with Gasteiger partial charge in [0.2, 0.25) is 0 Å². The van der Waals surface area contributed by atoms with Gasteiger partial charge in [0.05, 0.1) is 28.5 Å². The normalized spacial score (nSPS) is 15.8. The average Bonchev–Trinajstić information content (AvgIpc) is 3.38. The number of hydrogen-bond acceptors (Lipinski definition) is 6. The summed E-state index contributed by atoms with van der Waals surface area (Å²) in [5, 5.41) is 14.2. The summed E-state index contributed by atoms with van der Waals surface area (Å²) in [6, 6.07) is 10.2. The number of imidazole rings is 1. The van der Waals surface area contributed by atoms with Gasteiger partial charge in [-0.15, -0.1) is 0 Å². The molecule has 174 valence electrons. The fourth-order valence-electron chi connectivity index (χ4n) is 4.16. The molecule has 4 heterocycles. The van der Waals surface area contributed by atoms with Gasteiger partial charge in [-0.05, 0) is 65.3 Å². The van der Waals surface area contributed by atoms with Crippen LogP contribution < -0.4 is 5.32 Å². The highest BCUT2D eigenvalue weighted by Crippen LogP contribution is 2.33. The third-order valence-corrected chi connectivity index (χ3v) is 5.87. The van der Waals surface area contributed by atoms with Crippen LogP contribution in [0.2, 0.25) is 0 Å². The lowest BCUT2D eigenvalue weighted by atomic mass is 9.85. The minimum absolute atomic E-state index is 0.318. The molecule has 0 spiro atoms. The maximum absolute atomic E-state index is 10.9. The predicted molar refractivity (Wildman–Crippen MR) is 128 cm³/mol. The first-order valence-electron chi connectivity index (χ1n) is 11.2. The molecule has 0 unspecified atom stereocenters. The molecule has 1 saturated heterocycles. The molecule has 1 fully saturated rings. The number of aliphatic hydroxyl groups is 1. The van der Waals surface area contributed by atoms with Crippen LogP contribution >= 0.6 is 0 Å². The Morgan fingerprint density at radius 3 is 2.42 bits per heavy atom.